The van der Waals surface area contributed by atoms with Crippen molar-refractivity contribution in [1.29, 1.82) is 0 Å². The molecule has 0 aliphatic heterocycles. The van der Waals surface area contributed by atoms with Crippen LogP contribution >= 0.6 is 0 Å². The predicted molar refractivity (Wildman–Crippen MR) is 107 cm³/mol. The van der Waals surface area contributed by atoms with E-state index in [0.29, 0.717) is 12.8 Å². The van der Waals surface area contributed by atoms with Gasteiger partial charge >= 0.3 is 11.9 Å². The number of Topliss-reactive ketones (excluding diaryl/α,β-unsaturated/α-hetero) is 1. The Morgan fingerprint density at radius 1 is 1.18 bits per heavy atom. The van der Waals surface area contributed by atoms with Crippen LogP contribution in [0, 0.1) is 23.2 Å². The average Bonchev–Trinajstić information content (AvgIpc) is 2.58. The van der Waals surface area contributed by atoms with Crippen LogP contribution in [0.1, 0.15) is 67.2 Å². The largest absolute Gasteiger partial charge is 0.458 e. The van der Waals surface area contributed by atoms with Gasteiger partial charge in [0.1, 0.15) is 18.0 Å². The van der Waals surface area contributed by atoms with E-state index in [1.807, 2.05) is 26.8 Å². The Labute approximate surface area is 168 Å². The zero-order valence-corrected chi connectivity index (χ0v) is 18.0. The second-order valence-electron chi connectivity index (χ2n) is 8.96. The molecule has 0 aromatic rings. The number of fused-ring (bicyclic) bond motifs is 1. The molecule has 0 aromatic heterocycles. The van der Waals surface area contributed by atoms with Crippen LogP contribution in [-0.4, -0.2) is 29.9 Å². The average molecular weight is 391 g/mol. The Morgan fingerprint density at radius 3 is 2.36 bits per heavy atom. The summed E-state index contributed by atoms with van der Waals surface area (Å²) >= 11 is 0. The van der Waals surface area contributed by atoms with Crippen molar-refractivity contribution in [2.45, 2.75) is 79.4 Å². The van der Waals surface area contributed by atoms with Crippen molar-refractivity contribution in [2.75, 3.05) is 0 Å². The molecule has 156 valence electrons. The Bertz CT molecular complexity index is 691. The Hall–Kier alpha value is -1.91. The first kappa shape index (κ1) is 22.4. The number of carbonyl (C=O) groups is 3. The fraction of sp³-hybridized carbons (Fsp3) is 0.696. The first-order valence-electron chi connectivity index (χ1n) is 10.1. The maximum Gasteiger partial charge on any atom is 0.310 e. The van der Waals surface area contributed by atoms with E-state index in [-0.39, 0.29) is 41.3 Å². The van der Waals surface area contributed by atoms with E-state index in [4.69, 9.17) is 9.47 Å². The van der Waals surface area contributed by atoms with Crippen LogP contribution in [0.4, 0.5) is 0 Å². The fourth-order valence-electron chi connectivity index (χ4n) is 4.86. The molecule has 0 saturated heterocycles. The van der Waals surface area contributed by atoms with Crippen molar-refractivity contribution in [1.82, 2.24) is 0 Å². The zero-order valence-electron chi connectivity index (χ0n) is 18.0. The molecule has 0 heterocycles. The van der Waals surface area contributed by atoms with Crippen molar-refractivity contribution in [2.24, 2.45) is 23.2 Å². The second-order valence-corrected chi connectivity index (χ2v) is 8.96. The molecule has 0 bridgehead atoms. The number of rotatable bonds is 5. The second kappa shape index (κ2) is 8.62. The van der Waals surface area contributed by atoms with Gasteiger partial charge < -0.3 is 9.47 Å². The first-order valence-corrected chi connectivity index (χ1v) is 10.1. The molecule has 2 fully saturated rings. The molecule has 0 spiro atoms. The lowest BCUT2D eigenvalue weighted by Crippen LogP contribution is -2.59. The first-order chi connectivity index (χ1) is 13.0. The highest BCUT2D eigenvalue weighted by Crippen LogP contribution is 2.56. The summed E-state index contributed by atoms with van der Waals surface area (Å²) in [5.41, 5.74) is 1.63. The Kier molecular flexibility index (Phi) is 6.89. The molecule has 0 N–H and O–H groups in total. The van der Waals surface area contributed by atoms with Crippen molar-refractivity contribution >= 4 is 17.7 Å². The van der Waals surface area contributed by atoms with E-state index >= 15 is 0 Å². The molecule has 0 radical (unpaired) electrons. The summed E-state index contributed by atoms with van der Waals surface area (Å²) in [6.07, 6.45) is 2.45. The molecule has 2 aliphatic carbocycles. The van der Waals surface area contributed by atoms with Crippen LogP contribution in [0.15, 0.2) is 23.8 Å². The fourth-order valence-corrected chi connectivity index (χ4v) is 4.86. The number of allylic oxidation sites excluding steroid dienone is 1. The molecular weight excluding hydrogens is 356 g/mol. The van der Waals surface area contributed by atoms with Crippen LogP contribution in [0.3, 0.4) is 0 Å². The number of ether oxygens (including phenoxy) is 2. The van der Waals surface area contributed by atoms with Gasteiger partial charge in [0.15, 0.2) is 0 Å². The summed E-state index contributed by atoms with van der Waals surface area (Å²) in [5, 5.41) is 0. The monoisotopic (exact) mass is 390 g/mol. The van der Waals surface area contributed by atoms with Gasteiger partial charge in [0.25, 0.3) is 0 Å². The summed E-state index contributed by atoms with van der Waals surface area (Å²) in [7, 11) is 0. The molecule has 5 nitrogen and oxygen atoms in total. The number of hydrogen-bond donors (Lipinski definition) is 0. The third-order valence-electron chi connectivity index (χ3n) is 6.85. The summed E-state index contributed by atoms with van der Waals surface area (Å²) in [4.78, 5) is 36.9. The molecule has 0 aromatic carbocycles. The number of esters is 2. The van der Waals surface area contributed by atoms with Gasteiger partial charge in [-0.15, -0.1) is 0 Å². The molecule has 2 aliphatic rings. The van der Waals surface area contributed by atoms with Crippen LogP contribution in [-0.2, 0) is 23.9 Å². The molecule has 5 heteroatoms. The van der Waals surface area contributed by atoms with E-state index in [2.05, 4.69) is 20.4 Å². The van der Waals surface area contributed by atoms with Gasteiger partial charge in [-0.05, 0) is 38.5 Å². The normalized spacial score (nSPS) is 35.7. The highest BCUT2D eigenvalue weighted by atomic mass is 16.6. The van der Waals surface area contributed by atoms with Crippen molar-refractivity contribution in [3.63, 3.8) is 0 Å². The van der Waals surface area contributed by atoms with Crippen LogP contribution in [0.5, 0.6) is 0 Å². The van der Waals surface area contributed by atoms with Crippen LogP contribution in [0.25, 0.3) is 0 Å². The van der Waals surface area contributed by atoms with Gasteiger partial charge in [-0.3, -0.25) is 14.4 Å². The third-order valence-corrected chi connectivity index (χ3v) is 6.85. The summed E-state index contributed by atoms with van der Waals surface area (Å²) in [6.45, 7) is 15.4. The van der Waals surface area contributed by atoms with Gasteiger partial charge in [0, 0.05) is 31.6 Å². The summed E-state index contributed by atoms with van der Waals surface area (Å²) in [5.74, 6) is -0.706. The lowest BCUT2D eigenvalue weighted by Gasteiger charge is -2.56. The van der Waals surface area contributed by atoms with Gasteiger partial charge in [-0.1, -0.05) is 37.6 Å². The van der Waals surface area contributed by atoms with E-state index in [1.54, 1.807) is 0 Å². The van der Waals surface area contributed by atoms with Crippen LogP contribution in [0.2, 0.25) is 0 Å². The van der Waals surface area contributed by atoms with Crippen molar-refractivity contribution in [3.05, 3.63) is 23.8 Å². The number of hydrogen-bond acceptors (Lipinski definition) is 5. The molecule has 0 amide bonds. The van der Waals surface area contributed by atoms with Crippen molar-refractivity contribution < 1.29 is 23.9 Å². The topological polar surface area (TPSA) is 69.7 Å². The molecular formula is C23H34O5. The Morgan fingerprint density at radius 2 is 1.82 bits per heavy atom. The summed E-state index contributed by atoms with van der Waals surface area (Å²) in [6, 6.07) is 0. The molecule has 2 saturated carbocycles. The molecule has 6 atom stereocenters. The predicted octanol–water partition coefficient (Wildman–Crippen LogP) is 4.40. The number of ketones is 1. The zero-order chi connectivity index (χ0) is 21.2. The minimum Gasteiger partial charge on any atom is -0.458 e. The molecule has 28 heavy (non-hydrogen) atoms. The van der Waals surface area contributed by atoms with Gasteiger partial charge in [-0.2, -0.15) is 0 Å². The standard InChI is InChI=1S/C23H34O5/c1-8-14(4)9-20(26)28-22-19-11-17(25)10-15(5)23(19,7)12-18(13(2)3)21(22)27-16(6)24/h8,15,18-19,21-22H,2,9-12H2,1,3-7H3/b14-8+/t15-,18+,19+,21+,22-,23+/m0/s1. The van der Waals surface area contributed by atoms with E-state index in [0.717, 1.165) is 17.6 Å². The highest BCUT2D eigenvalue weighted by molar-refractivity contribution is 5.80. The lowest BCUT2D eigenvalue weighted by atomic mass is 9.51. The maximum absolute atomic E-state index is 12.6. The minimum absolute atomic E-state index is 0.110. The van der Waals surface area contributed by atoms with Gasteiger partial charge in [0.05, 0.1) is 6.42 Å². The van der Waals surface area contributed by atoms with E-state index in [9.17, 15) is 14.4 Å². The Balaban J connectivity index is 2.45. The number of carbonyl (C=O) groups excluding carboxylic acids is 3. The van der Waals surface area contributed by atoms with E-state index < -0.39 is 18.2 Å². The summed E-state index contributed by atoms with van der Waals surface area (Å²) < 4.78 is 11.6. The SMILES string of the molecule is C=C(C)[C@H]1C[C@@]2(C)[C@H](CC(=O)C[C@@H]2C)[C@H](OC(=O)C/C(C)=C/C)[C@@H]1OC(C)=O. The van der Waals surface area contributed by atoms with Gasteiger partial charge in [-0.25, -0.2) is 0 Å². The quantitative estimate of drug-likeness (QED) is 0.514. The minimum atomic E-state index is -0.645. The third kappa shape index (κ3) is 4.56. The highest BCUT2D eigenvalue weighted by Gasteiger charge is 2.58. The van der Waals surface area contributed by atoms with E-state index in [1.165, 1.54) is 6.92 Å². The lowest BCUT2D eigenvalue weighted by molar-refractivity contribution is -0.201. The maximum atomic E-state index is 12.6. The molecule has 2 rings (SSSR count). The van der Waals surface area contributed by atoms with Crippen molar-refractivity contribution in [3.8, 4) is 0 Å². The van der Waals surface area contributed by atoms with Crippen LogP contribution < -0.4 is 0 Å². The smallest absolute Gasteiger partial charge is 0.310 e. The molecule has 0 unspecified atom stereocenters. The van der Waals surface area contributed by atoms with Gasteiger partial charge in [0.2, 0.25) is 0 Å².